The molecule has 58 valence electrons. The number of rotatable bonds is 6. The molecule has 0 fully saturated rings. The number of nitrogens with zero attached hydrogens (tertiary/aromatic N) is 3. The molecule has 0 rings (SSSR count). The van der Waals surface area contributed by atoms with E-state index in [1.54, 1.807) is 11.8 Å². The minimum Gasteiger partial charge on any atom is -0.419 e. The first-order valence-corrected chi connectivity index (χ1v) is 4.04. The number of hydroxylamine groups is 1. The van der Waals surface area contributed by atoms with Gasteiger partial charge in [-0.05, 0) is 6.26 Å². The van der Waals surface area contributed by atoms with Gasteiger partial charge in [-0.25, -0.2) is 0 Å². The maximum absolute atomic E-state index is 7.78. The van der Waals surface area contributed by atoms with Gasteiger partial charge in [0.15, 0.2) is 0 Å². The Hall–Kier alpha value is -0.620. The molecule has 0 radical (unpaired) electrons. The fourth-order valence-corrected chi connectivity index (χ4v) is 0.572. The quantitative estimate of drug-likeness (QED) is 0.206. The molecule has 0 aliphatic rings. The van der Waals surface area contributed by atoms with Gasteiger partial charge < -0.3 is 15.5 Å². The summed E-state index contributed by atoms with van der Waals surface area (Å²) in [6, 6.07) is 0. The molecule has 0 spiro atoms. The molecule has 0 unspecified atom stereocenters. The van der Waals surface area contributed by atoms with Crippen LogP contribution in [0.1, 0.15) is 0 Å². The van der Waals surface area contributed by atoms with Gasteiger partial charge in [-0.2, -0.15) is 17.2 Å². The molecule has 6 heteroatoms. The van der Waals surface area contributed by atoms with Crippen LogP contribution in [0.2, 0.25) is 0 Å². The van der Waals surface area contributed by atoms with E-state index in [9.17, 15) is 0 Å². The third kappa shape index (κ3) is 7.38. The van der Waals surface area contributed by atoms with Crippen LogP contribution in [0.15, 0.2) is 10.3 Å². The van der Waals surface area contributed by atoms with Crippen LogP contribution in [0.5, 0.6) is 0 Å². The minimum absolute atomic E-state index is 0.735. The van der Waals surface area contributed by atoms with Crippen LogP contribution in [-0.4, -0.2) is 25.0 Å². The fourth-order valence-electron chi connectivity index (χ4n) is 0.285. The van der Waals surface area contributed by atoms with E-state index < -0.39 is 0 Å². The smallest absolute Gasteiger partial charge is 0.115 e. The summed E-state index contributed by atoms with van der Waals surface area (Å²) in [7, 11) is 0. The molecule has 1 N–H and O–H groups in total. The second-order valence-corrected chi connectivity index (χ2v) is 2.30. The van der Waals surface area contributed by atoms with Crippen LogP contribution in [0.25, 0.3) is 5.53 Å². The Balaban J connectivity index is 2.90. The molecule has 0 atom stereocenters. The van der Waals surface area contributed by atoms with Crippen molar-refractivity contribution in [3.8, 4) is 0 Å². The van der Waals surface area contributed by atoms with Crippen molar-refractivity contribution in [1.82, 2.24) is 5.48 Å². The Morgan fingerprint density at radius 3 is 3.20 bits per heavy atom. The number of nitrogens with one attached hydrogen (secondary N) is 1. The molecule has 0 heterocycles. The first kappa shape index (κ1) is 9.38. The zero-order valence-corrected chi connectivity index (χ0v) is 6.47. The average molecular weight is 161 g/mol. The van der Waals surface area contributed by atoms with Crippen molar-refractivity contribution in [2.45, 2.75) is 0 Å². The topological polar surface area (TPSA) is 68.3 Å². The lowest BCUT2D eigenvalue weighted by Crippen LogP contribution is -2.16. The zero-order valence-electron chi connectivity index (χ0n) is 5.65. The lowest BCUT2D eigenvalue weighted by Gasteiger charge is -2.00. The highest BCUT2D eigenvalue weighted by molar-refractivity contribution is 7.98. The summed E-state index contributed by atoms with van der Waals surface area (Å²) in [4.78, 5) is 4.57. The van der Waals surface area contributed by atoms with Gasteiger partial charge in [0.05, 0.1) is 0 Å². The first-order valence-electron chi connectivity index (χ1n) is 2.65. The minimum atomic E-state index is 0.735. The van der Waals surface area contributed by atoms with Gasteiger partial charge in [-0.3, -0.25) is 5.22 Å². The van der Waals surface area contributed by atoms with Crippen LogP contribution in [0.3, 0.4) is 0 Å². The van der Waals surface area contributed by atoms with Crippen molar-refractivity contribution in [2.24, 2.45) is 10.3 Å². The maximum atomic E-state index is 7.78. The number of thioether (sulfide) groups is 1. The summed E-state index contributed by atoms with van der Waals surface area (Å²) in [6.07, 6.45) is 3.01. The summed E-state index contributed by atoms with van der Waals surface area (Å²) in [5.41, 5.74) is 10.4. The molecule has 0 saturated carbocycles. The molecule has 5 nitrogen and oxygen atoms in total. The van der Waals surface area contributed by atoms with Gasteiger partial charge in [-0.15, -0.1) is 0 Å². The van der Waals surface area contributed by atoms with Crippen LogP contribution < -0.4 is 5.48 Å². The van der Waals surface area contributed by atoms with Gasteiger partial charge in [-0.1, -0.05) is 0 Å². The molecule has 10 heavy (non-hydrogen) atoms. The summed E-state index contributed by atoms with van der Waals surface area (Å²) >= 11 is 1.71. The van der Waals surface area contributed by atoms with Crippen molar-refractivity contribution in [1.29, 1.82) is 0 Å². The number of hydrogen-bond acceptors (Lipinski definition) is 4. The van der Waals surface area contributed by atoms with Gasteiger partial charge in [0, 0.05) is 12.3 Å². The van der Waals surface area contributed by atoms with Crippen LogP contribution in [0, 0.1) is 0 Å². The molecule has 0 aromatic rings. The van der Waals surface area contributed by atoms with E-state index in [-0.39, 0.29) is 0 Å². The Morgan fingerprint density at radius 1 is 1.80 bits per heavy atom. The lowest BCUT2D eigenvalue weighted by atomic mass is 10.8. The normalized spacial score (nSPS) is 10.1. The standard InChI is InChI=1S/C4H9N4OS/c1-10-3-2-7-9-4-6-8-5/h4,7H,2-3H2,1H3/q-1/b6-4+. The summed E-state index contributed by atoms with van der Waals surface area (Å²) < 4.78 is 0. The molecule has 0 saturated heterocycles. The van der Waals surface area contributed by atoms with Crippen molar-refractivity contribution >= 4 is 18.2 Å². The molecule has 0 aromatic carbocycles. The second kappa shape index (κ2) is 8.38. The van der Waals surface area contributed by atoms with E-state index in [1.165, 1.54) is 0 Å². The zero-order chi connectivity index (χ0) is 7.66. The fraction of sp³-hybridized carbons (Fsp3) is 0.750. The van der Waals surface area contributed by atoms with Crippen molar-refractivity contribution in [3.05, 3.63) is 5.53 Å². The van der Waals surface area contributed by atoms with Gasteiger partial charge in [0.1, 0.15) is 6.40 Å². The molecule has 0 aliphatic heterocycles. The molecule has 0 aromatic heterocycles. The van der Waals surface area contributed by atoms with Gasteiger partial charge >= 0.3 is 0 Å². The maximum Gasteiger partial charge on any atom is 0.115 e. The molecular formula is C4H9N4OS-. The van der Waals surface area contributed by atoms with E-state index in [1.807, 2.05) is 6.26 Å². The Kier molecular flexibility index (Phi) is 7.86. The highest BCUT2D eigenvalue weighted by atomic mass is 32.2. The van der Waals surface area contributed by atoms with E-state index in [0.29, 0.717) is 0 Å². The van der Waals surface area contributed by atoms with E-state index in [0.717, 1.165) is 18.7 Å². The SMILES string of the molecule is CSCCNO/C=N/N=[N-]. The van der Waals surface area contributed by atoms with E-state index in [4.69, 9.17) is 5.53 Å². The molecular weight excluding hydrogens is 152 g/mol. The first-order chi connectivity index (χ1) is 4.91. The Morgan fingerprint density at radius 2 is 2.60 bits per heavy atom. The third-order valence-corrected chi connectivity index (χ3v) is 1.26. The van der Waals surface area contributed by atoms with E-state index >= 15 is 0 Å². The van der Waals surface area contributed by atoms with Crippen molar-refractivity contribution < 1.29 is 4.84 Å². The molecule has 0 amide bonds. The van der Waals surface area contributed by atoms with Crippen LogP contribution in [0.4, 0.5) is 0 Å². The summed E-state index contributed by atoms with van der Waals surface area (Å²) in [5.74, 6) is 0.962. The van der Waals surface area contributed by atoms with Crippen molar-refractivity contribution in [2.75, 3.05) is 18.6 Å². The Bertz CT molecular complexity index is 107. The molecule has 0 aliphatic carbocycles. The van der Waals surface area contributed by atoms with Crippen LogP contribution >= 0.6 is 11.8 Å². The molecule has 0 bridgehead atoms. The Labute approximate surface area is 63.7 Å². The number of hydrogen-bond donors (Lipinski definition) is 1. The average Bonchev–Trinajstić information content (AvgIpc) is 1.97. The summed E-state index contributed by atoms with van der Waals surface area (Å²) in [5, 5.41) is 5.49. The highest BCUT2D eigenvalue weighted by Gasteiger charge is 1.79. The third-order valence-electron chi connectivity index (χ3n) is 0.643. The predicted molar refractivity (Wildman–Crippen MR) is 41.7 cm³/mol. The highest BCUT2D eigenvalue weighted by Crippen LogP contribution is 1.86. The largest absolute Gasteiger partial charge is 0.419 e. The monoisotopic (exact) mass is 161 g/mol. The van der Waals surface area contributed by atoms with Crippen molar-refractivity contribution in [3.63, 3.8) is 0 Å². The van der Waals surface area contributed by atoms with Gasteiger partial charge in [0.2, 0.25) is 0 Å². The van der Waals surface area contributed by atoms with E-state index in [2.05, 4.69) is 20.6 Å². The predicted octanol–water partition coefficient (Wildman–Crippen LogP) is 0.836. The van der Waals surface area contributed by atoms with Gasteiger partial charge in [0.25, 0.3) is 0 Å². The lowest BCUT2D eigenvalue weighted by molar-refractivity contribution is 0.200. The second-order valence-electron chi connectivity index (χ2n) is 1.32. The van der Waals surface area contributed by atoms with Crippen LogP contribution in [-0.2, 0) is 4.84 Å². The summed E-state index contributed by atoms with van der Waals surface area (Å²) in [6.45, 7) is 0.735.